The first kappa shape index (κ1) is 39.9. The molecule has 9 aromatic rings. The smallest absolute Gasteiger partial charge is 0.164 e. The number of aromatic nitrogens is 3. The van der Waals surface area contributed by atoms with Gasteiger partial charge in [-0.25, -0.2) is 15.0 Å². The summed E-state index contributed by atoms with van der Waals surface area (Å²) in [5, 5.41) is 2.67. The third-order valence-corrected chi connectivity index (χ3v) is 15.0. The van der Waals surface area contributed by atoms with Crippen molar-refractivity contribution < 1.29 is 0 Å². The molecule has 15 heteroatoms. The van der Waals surface area contributed by atoms with Gasteiger partial charge in [0.05, 0.1) is 0 Å². The summed E-state index contributed by atoms with van der Waals surface area (Å²) in [5.74, 6) is 2.02. The van der Waals surface area contributed by atoms with Gasteiger partial charge >= 0.3 is 0 Å². The lowest BCUT2D eigenvalue weighted by Crippen LogP contribution is -2.56. The van der Waals surface area contributed by atoms with Crippen molar-refractivity contribution in [2.75, 3.05) is 0 Å². The topological polar surface area (TPSA) is 38.7 Å². The van der Waals surface area contributed by atoms with E-state index in [4.69, 9.17) is 15.0 Å². The van der Waals surface area contributed by atoms with Crippen molar-refractivity contribution in [2.24, 2.45) is 0 Å². The Bertz CT molecular complexity index is 3060. The van der Waals surface area contributed by atoms with Gasteiger partial charge in [0.25, 0.3) is 0 Å². The summed E-state index contributed by atoms with van der Waals surface area (Å²) in [4.78, 5) is 15.9. The van der Waals surface area contributed by atoms with Gasteiger partial charge in [-0.15, -0.1) is 27.7 Å². The highest BCUT2D eigenvalue weighted by Gasteiger charge is 2.26. The van der Waals surface area contributed by atoms with Crippen LogP contribution in [0.25, 0.3) is 87.7 Å². The monoisotopic (exact) mass is 775 g/mol. The highest BCUT2D eigenvalue weighted by atomic mass is 32.1. The third-order valence-electron chi connectivity index (χ3n) is 13.6. The van der Waals surface area contributed by atoms with Crippen LogP contribution in [0.2, 0.25) is 0 Å². The second-order valence-corrected chi connectivity index (χ2v) is 17.7. The average Bonchev–Trinajstić information content (AvgIpc) is 3.70. The molecule has 2 aromatic heterocycles. The second-order valence-electron chi connectivity index (χ2n) is 16.7. The first-order chi connectivity index (χ1) is 28.8. The third kappa shape index (κ3) is 6.48. The lowest BCUT2D eigenvalue weighted by atomic mass is 9.57. The summed E-state index contributed by atoms with van der Waals surface area (Å²) in [6, 6.07) is 38.2. The maximum Gasteiger partial charge on any atom is 0.164 e. The van der Waals surface area contributed by atoms with Gasteiger partial charge in [0.15, 0.2) is 17.5 Å². The van der Waals surface area contributed by atoms with Crippen molar-refractivity contribution in [3.63, 3.8) is 0 Å². The van der Waals surface area contributed by atoms with Crippen molar-refractivity contribution in [3.8, 4) is 67.5 Å². The minimum Gasteiger partial charge on any atom is -0.208 e. The van der Waals surface area contributed by atoms with E-state index in [1.807, 2.05) is 11.3 Å². The van der Waals surface area contributed by atoms with Gasteiger partial charge < -0.3 is 0 Å². The maximum absolute atomic E-state index is 5.35. The summed E-state index contributed by atoms with van der Waals surface area (Å²) in [6.07, 6.45) is 0. The van der Waals surface area contributed by atoms with E-state index in [2.05, 4.69) is 196 Å². The lowest BCUT2D eigenvalue weighted by molar-refractivity contribution is 1.08. The normalized spacial score (nSPS) is 11.4. The van der Waals surface area contributed by atoms with E-state index in [-0.39, 0.29) is 0 Å². The van der Waals surface area contributed by atoms with Gasteiger partial charge in [-0.1, -0.05) is 153 Å². The summed E-state index contributed by atoms with van der Waals surface area (Å²) < 4.78 is 2.72. The van der Waals surface area contributed by atoms with Crippen LogP contribution in [0.1, 0.15) is 0 Å². The number of hydrogen-bond acceptors (Lipinski definition) is 4. The van der Waals surface area contributed by atoms with E-state index in [1.165, 1.54) is 103 Å². The minimum absolute atomic E-state index is 0.662. The molecule has 60 heavy (non-hydrogen) atoms. The van der Waals surface area contributed by atoms with Gasteiger partial charge in [-0.2, -0.15) is 0 Å². The summed E-state index contributed by atoms with van der Waals surface area (Å²) in [5.41, 5.74) is 25.1. The van der Waals surface area contributed by atoms with Crippen LogP contribution in [0, 0.1) is 0 Å². The Kier molecular flexibility index (Phi) is 10.3. The quantitative estimate of drug-likeness (QED) is 0.158. The van der Waals surface area contributed by atoms with Crippen LogP contribution in [0.5, 0.6) is 0 Å². The van der Waals surface area contributed by atoms with Crippen LogP contribution in [-0.4, -0.2) is 101 Å². The van der Waals surface area contributed by atoms with E-state index in [1.54, 1.807) is 0 Å². The van der Waals surface area contributed by atoms with Crippen molar-refractivity contribution >= 4 is 178 Å². The van der Waals surface area contributed by atoms with Crippen LogP contribution in [0.15, 0.2) is 109 Å². The fourth-order valence-electron chi connectivity index (χ4n) is 9.42. The molecule has 0 atom stereocenters. The first-order valence-electron chi connectivity index (χ1n) is 21.0. The molecule has 0 fully saturated rings. The molecule has 0 saturated carbocycles. The molecule has 7 aromatic carbocycles. The number of hydrogen-bond donors (Lipinski definition) is 0. The summed E-state index contributed by atoms with van der Waals surface area (Å²) in [7, 11) is 25.3. The predicted octanol–water partition coefficient (Wildman–Crippen LogP) is -6.92. The Balaban J connectivity index is 1.29. The largest absolute Gasteiger partial charge is 0.208 e. The predicted molar refractivity (Wildman–Crippen MR) is 295 cm³/mol. The van der Waals surface area contributed by atoms with Crippen molar-refractivity contribution in [3.05, 3.63) is 109 Å². The van der Waals surface area contributed by atoms with Crippen LogP contribution >= 0.6 is 11.3 Å². The zero-order valence-corrected chi connectivity index (χ0v) is 37.5. The highest BCUT2D eigenvalue weighted by molar-refractivity contribution is 7.28. The highest BCUT2D eigenvalue weighted by Crippen LogP contribution is 2.33. The molecule has 0 radical (unpaired) electrons. The fourth-order valence-corrected chi connectivity index (χ4v) is 10.9. The fraction of sp³-hybridized carbons (Fsp3) is 0. The lowest BCUT2D eigenvalue weighted by Gasteiger charge is -2.25. The second kappa shape index (κ2) is 15.5. The van der Waals surface area contributed by atoms with Gasteiger partial charge in [-0.05, 0) is 44.2 Å². The van der Waals surface area contributed by atoms with Crippen molar-refractivity contribution in [2.45, 2.75) is 0 Å². The molecule has 0 N–H and O–H groups in total. The molecule has 0 aliphatic rings. The summed E-state index contributed by atoms with van der Waals surface area (Å²) >= 11 is 1.94. The number of benzene rings is 7. The molecule has 0 unspecified atom stereocenters. The Morgan fingerprint density at radius 1 is 0.267 bits per heavy atom. The Morgan fingerprint density at radius 2 is 0.567 bits per heavy atom. The van der Waals surface area contributed by atoms with Crippen molar-refractivity contribution in [1.82, 2.24) is 15.0 Å². The number of rotatable bonds is 6. The minimum atomic E-state index is 0.662. The Hall–Kier alpha value is -5.52. The zero-order chi connectivity index (χ0) is 42.1. The molecule has 2 heterocycles. The summed E-state index contributed by atoms with van der Waals surface area (Å²) in [6.45, 7) is 0. The van der Waals surface area contributed by atoms with Gasteiger partial charge in [0, 0.05) is 26.1 Å². The molecular formula is C45H40B11N3S. The number of fused-ring (bicyclic) bond motifs is 3. The molecule has 0 bridgehead atoms. The molecule has 274 valence electrons. The van der Waals surface area contributed by atoms with Crippen molar-refractivity contribution in [1.29, 1.82) is 0 Å². The molecule has 0 spiro atoms. The van der Waals surface area contributed by atoms with E-state index >= 15 is 0 Å². The van der Waals surface area contributed by atoms with E-state index in [9.17, 15) is 0 Å². The van der Waals surface area contributed by atoms with Crippen LogP contribution in [-0.2, 0) is 0 Å². The molecular weight excluding hydrogens is 734 g/mol. The molecule has 9 rings (SSSR count). The maximum atomic E-state index is 5.35. The van der Waals surface area contributed by atoms with E-state index in [0.717, 1.165) is 27.8 Å². The van der Waals surface area contributed by atoms with Crippen LogP contribution < -0.4 is 60.1 Å². The Morgan fingerprint density at radius 3 is 1.00 bits per heavy atom. The van der Waals surface area contributed by atoms with E-state index < -0.39 is 0 Å². The van der Waals surface area contributed by atoms with Gasteiger partial charge in [-0.3, -0.25) is 0 Å². The molecule has 0 aliphatic carbocycles. The van der Waals surface area contributed by atoms with Crippen LogP contribution in [0.3, 0.4) is 0 Å². The van der Waals surface area contributed by atoms with Gasteiger partial charge in [0.2, 0.25) is 0 Å². The average molecular weight is 774 g/mol. The van der Waals surface area contributed by atoms with Crippen LogP contribution in [0.4, 0.5) is 0 Å². The SMILES string of the molecule is Bc1c(B)c(B)c(-c2c(B)c(B)c3sc4c(B)c(B)c(-c5nc(-c6ccc(-c7ccccc7)cc6)nc(-c6ccc(-c7ccccc7)cc6)n5)c(B)c4c3c2B)c(B)c1B. The standard InChI is InChI=1S/C45H40B11N3S/c46-30-25(26-32(48)36(52)38(54)37(53)33(26)49)34(50)39(55)41-27(30)28-31(47)29(35(51)40(56)42(28)60-41)45-58-43(23-15-11-21(12-16-23)19-7-3-1-4-8-19)57-44(59-45)24-17-13-22(14-18-24)20-9-5-2-6-10-20/h1-18H,46-56H2. The van der Waals surface area contributed by atoms with E-state index in [0.29, 0.717) is 17.5 Å². The molecule has 0 amide bonds. The number of nitrogens with zero attached hydrogens (tertiary/aromatic N) is 3. The first-order valence-corrected chi connectivity index (χ1v) is 21.8. The molecule has 3 nitrogen and oxygen atoms in total. The zero-order valence-electron chi connectivity index (χ0n) is 36.6. The number of thiophene rings is 1. The Labute approximate surface area is 367 Å². The molecule has 0 saturated heterocycles. The van der Waals surface area contributed by atoms with Gasteiger partial charge in [0.1, 0.15) is 86.3 Å². The molecule has 0 aliphatic heterocycles.